The van der Waals surface area contributed by atoms with Crippen molar-refractivity contribution in [3.63, 3.8) is 0 Å². The van der Waals surface area contributed by atoms with Crippen molar-refractivity contribution in [1.29, 1.82) is 0 Å². The molecule has 3 heteroatoms. The third kappa shape index (κ3) is 3.71. The monoisotopic (exact) mass is 266 g/mol. The highest BCUT2D eigenvalue weighted by Crippen LogP contribution is 2.34. The van der Waals surface area contributed by atoms with Crippen LogP contribution in [0.2, 0.25) is 0 Å². The number of rotatable bonds is 5. The molecule has 1 N–H and O–H groups in total. The molecule has 0 bridgehead atoms. The largest absolute Gasteiger partial charge is 0.378 e. The first kappa shape index (κ1) is 13.8. The lowest BCUT2D eigenvalue weighted by Crippen LogP contribution is -2.57. The van der Waals surface area contributed by atoms with Crippen LogP contribution in [0.1, 0.15) is 51.9 Å². The average Bonchev–Trinajstić information content (AvgIpc) is 3.30. The Morgan fingerprint density at radius 1 is 1.21 bits per heavy atom. The molecule has 3 unspecified atom stereocenters. The molecule has 2 heterocycles. The molecule has 3 atom stereocenters. The molecule has 19 heavy (non-hydrogen) atoms. The molecule has 110 valence electrons. The fraction of sp³-hybridized carbons (Fsp3) is 1.00. The maximum atomic E-state index is 5.88. The van der Waals surface area contributed by atoms with Crippen LogP contribution in [0.15, 0.2) is 0 Å². The van der Waals surface area contributed by atoms with Gasteiger partial charge in [0.25, 0.3) is 0 Å². The van der Waals surface area contributed by atoms with Crippen LogP contribution in [-0.2, 0) is 4.74 Å². The van der Waals surface area contributed by atoms with E-state index in [1.54, 1.807) is 0 Å². The molecule has 0 spiro atoms. The first-order valence-electron chi connectivity index (χ1n) is 8.46. The van der Waals surface area contributed by atoms with Crippen molar-refractivity contribution in [3.05, 3.63) is 0 Å². The van der Waals surface area contributed by atoms with E-state index in [9.17, 15) is 0 Å². The summed E-state index contributed by atoms with van der Waals surface area (Å²) in [6, 6.07) is 1.52. The van der Waals surface area contributed by atoms with E-state index in [0.29, 0.717) is 6.10 Å². The van der Waals surface area contributed by atoms with Crippen molar-refractivity contribution in [2.75, 3.05) is 26.2 Å². The molecule has 2 aliphatic heterocycles. The minimum atomic E-state index is 0.542. The number of piperazine rings is 1. The smallest absolute Gasteiger partial charge is 0.0587 e. The summed E-state index contributed by atoms with van der Waals surface area (Å²) in [6.07, 6.45) is 9.89. The molecule has 2 saturated heterocycles. The fourth-order valence-corrected chi connectivity index (χ4v) is 3.72. The van der Waals surface area contributed by atoms with Crippen LogP contribution in [-0.4, -0.2) is 49.3 Å². The molecule has 3 aliphatic rings. The summed E-state index contributed by atoms with van der Waals surface area (Å²) in [7, 11) is 0. The lowest BCUT2D eigenvalue weighted by molar-refractivity contribution is -0.000794. The zero-order chi connectivity index (χ0) is 13.1. The number of ether oxygens (including phenoxy) is 1. The fourth-order valence-electron chi connectivity index (χ4n) is 3.72. The second-order valence-corrected chi connectivity index (χ2v) is 6.69. The van der Waals surface area contributed by atoms with Crippen molar-refractivity contribution >= 4 is 0 Å². The van der Waals surface area contributed by atoms with Crippen LogP contribution in [0.25, 0.3) is 0 Å². The van der Waals surface area contributed by atoms with E-state index in [0.717, 1.165) is 24.6 Å². The van der Waals surface area contributed by atoms with Gasteiger partial charge in [0.05, 0.1) is 6.10 Å². The quantitative estimate of drug-likeness (QED) is 0.827. The summed E-state index contributed by atoms with van der Waals surface area (Å²) in [4.78, 5) is 2.75. The normalized spacial score (nSPS) is 37.4. The molecule has 0 amide bonds. The second-order valence-electron chi connectivity index (χ2n) is 6.69. The lowest BCUT2D eigenvalue weighted by atomic mass is 10.0. The van der Waals surface area contributed by atoms with E-state index >= 15 is 0 Å². The molecule has 1 saturated carbocycles. The second kappa shape index (κ2) is 6.55. The van der Waals surface area contributed by atoms with Crippen molar-refractivity contribution < 1.29 is 4.74 Å². The van der Waals surface area contributed by atoms with Gasteiger partial charge >= 0.3 is 0 Å². The van der Waals surface area contributed by atoms with Crippen molar-refractivity contribution in [1.82, 2.24) is 10.2 Å². The lowest BCUT2D eigenvalue weighted by Gasteiger charge is -2.41. The molecule has 0 aromatic rings. The van der Waals surface area contributed by atoms with E-state index in [1.807, 2.05) is 0 Å². The topological polar surface area (TPSA) is 24.5 Å². The Morgan fingerprint density at radius 3 is 2.79 bits per heavy atom. The van der Waals surface area contributed by atoms with Gasteiger partial charge in [-0.25, -0.2) is 0 Å². The highest BCUT2D eigenvalue weighted by Gasteiger charge is 2.36. The third-order valence-electron chi connectivity index (χ3n) is 5.24. The predicted molar refractivity (Wildman–Crippen MR) is 78.4 cm³/mol. The van der Waals surface area contributed by atoms with E-state index in [4.69, 9.17) is 4.74 Å². The maximum Gasteiger partial charge on any atom is 0.0587 e. The van der Waals surface area contributed by atoms with Gasteiger partial charge in [-0.2, -0.15) is 0 Å². The first-order valence-corrected chi connectivity index (χ1v) is 8.46. The summed E-state index contributed by atoms with van der Waals surface area (Å²) in [5.41, 5.74) is 0. The Bertz CT molecular complexity index is 274. The predicted octanol–water partition coefficient (Wildman–Crippen LogP) is 2.41. The Kier molecular flexibility index (Phi) is 4.78. The molecule has 0 aromatic heterocycles. The van der Waals surface area contributed by atoms with E-state index < -0.39 is 0 Å². The van der Waals surface area contributed by atoms with E-state index in [-0.39, 0.29) is 0 Å². The van der Waals surface area contributed by atoms with Crippen molar-refractivity contribution in [2.45, 2.75) is 70.1 Å². The molecule has 0 radical (unpaired) electrons. The summed E-state index contributed by atoms with van der Waals surface area (Å²) in [6.45, 7) is 7.04. The standard InChI is InChI=1S/C16H30N2O/c1-2-14-11-17-16(13-6-7-13)12-18(14)9-8-15-5-3-4-10-19-15/h13-17H,2-12H2,1H3. The molecule has 3 rings (SSSR count). The third-order valence-corrected chi connectivity index (χ3v) is 5.24. The maximum absolute atomic E-state index is 5.88. The molecule has 1 aliphatic carbocycles. The van der Waals surface area contributed by atoms with Crippen LogP contribution in [0, 0.1) is 5.92 Å². The number of nitrogens with one attached hydrogen (secondary N) is 1. The van der Waals surface area contributed by atoms with Gasteiger partial charge in [-0.1, -0.05) is 6.92 Å². The van der Waals surface area contributed by atoms with Gasteiger partial charge < -0.3 is 10.1 Å². The highest BCUT2D eigenvalue weighted by molar-refractivity contribution is 4.94. The zero-order valence-electron chi connectivity index (χ0n) is 12.4. The van der Waals surface area contributed by atoms with Gasteiger partial charge in [-0.15, -0.1) is 0 Å². The van der Waals surface area contributed by atoms with E-state index in [2.05, 4.69) is 17.1 Å². The van der Waals surface area contributed by atoms with Gasteiger partial charge in [-0.3, -0.25) is 4.90 Å². The summed E-state index contributed by atoms with van der Waals surface area (Å²) >= 11 is 0. The SMILES string of the molecule is CCC1CNC(C2CC2)CN1CCC1CCCCO1. The van der Waals surface area contributed by atoms with Gasteiger partial charge in [0.1, 0.15) is 0 Å². The number of hydrogen-bond donors (Lipinski definition) is 1. The first-order chi connectivity index (χ1) is 9.36. The minimum Gasteiger partial charge on any atom is -0.378 e. The molecular weight excluding hydrogens is 236 g/mol. The van der Waals surface area contributed by atoms with Gasteiger partial charge in [0.2, 0.25) is 0 Å². The van der Waals surface area contributed by atoms with Crippen molar-refractivity contribution in [2.24, 2.45) is 5.92 Å². The summed E-state index contributed by atoms with van der Waals surface area (Å²) in [5.74, 6) is 0.978. The minimum absolute atomic E-state index is 0.542. The molecule has 0 aromatic carbocycles. The summed E-state index contributed by atoms with van der Waals surface area (Å²) in [5, 5.41) is 3.78. The Balaban J connectivity index is 1.47. The van der Waals surface area contributed by atoms with E-state index in [1.165, 1.54) is 64.6 Å². The molecule has 3 nitrogen and oxygen atoms in total. The van der Waals surface area contributed by atoms with Gasteiger partial charge in [0.15, 0.2) is 0 Å². The Hall–Kier alpha value is -0.120. The Labute approximate surface area is 118 Å². The van der Waals surface area contributed by atoms with Crippen LogP contribution in [0.4, 0.5) is 0 Å². The zero-order valence-corrected chi connectivity index (χ0v) is 12.4. The van der Waals surface area contributed by atoms with Crippen LogP contribution in [0.3, 0.4) is 0 Å². The number of nitrogens with zero attached hydrogens (tertiary/aromatic N) is 1. The van der Waals surface area contributed by atoms with Crippen LogP contribution >= 0.6 is 0 Å². The van der Waals surface area contributed by atoms with Gasteiger partial charge in [0, 0.05) is 38.3 Å². The Morgan fingerprint density at radius 2 is 2.11 bits per heavy atom. The van der Waals surface area contributed by atoms with Crippen LogP contribution < -0.4 is 5.32 Å². The molecule has 3 fully saturated rings. The van der Waals surface area contributed by atoms with Gasteiger partial charge in [-0.05, 0) is 50.9 Å². The molecular formula is C16H30N2O. The van der Waals surface area contributed by atoms with Crippen molar-refractivity contribution in [3.8, 4) is 0 Å². The van der Waals surface area contributed by atoms with Crippen LogP contribution in [0.5, 0.6) is 0 Å². The average molecular weight is 266 g/mol. The number of hydrogen-bond acceptors (Lipinski definition) is 3. The summed E-state index contributed by atoms with van der Waals surface area (Å²) < 4.78 is 5.88. The highest BCUT2D eigenvalue weighted by atomic mass is 16.5.